The summed E-state index contributed by atoms with van der Waals surface area (Å²) in [6, 6.07) is 12.4. The van der Waals surface area contributed by atoms with E-state index in [-0.39, 0.29) is 18.9 Å². The highest BCUT2D eigenvalue weighted by Gasteiger charge is 2.35. The monoisotopic (exact) mass is 356 g/mol. The molecule has 1 saturated heterocycles. The number of amides is 1. The maximum Gasteiger partial charge on any atom is 0.308 e. The SMILES string of the molecule is O=C(O)[C@@H]1CC(=O)N(c2ccc3nc(-c4ccc(Cl)cc4)oc3c2)C1. The predicted molar refractivity (Wildman–Crippen MR) is 92.6 cm³/mol. The van der Waals surface area contributed by atoms with Gasteiger partial charge in [0.05, 0.1) is 5.92 Å². The number of carboxylic acids is 1. The zero-order chi connectivity index (χ0) is 17.6. The number of aliphatic carboxylic acids is 1. The summed E-state index contributed by atoms with van der Waals surface area (Å²) < 4.78 is 5.80. The van der Waals surface area contributed by atoms with E-state index in [1.54, 1.807) is 30.3 Å². The van der Waals surface area contributed by atoms with Crippen LogP contribution in [0.5, 0.6) is 0 Å². The molecule has 1 fully saturated rings. The number of anilines is 1. The van der Waals surface area contributed by atoms with Crippen LogP contribution in [-0.2, 0) is 9.59 Å². The molecule has 4 rings (SSSR count). The minimum Gasteiger partial charge on any atom is -0.481 e. The van der Waals surface area contributed by atoms with Gasteiger partial charge in [-0.25, -0.2) is 4.98 Å². The molecule has 0 saturated carbocycles. The average Bonchev–Trinajstić information content (AvgIpc) is 3.18. The van der Waals surface area contributed by atoms with Crippen molar-refractivity contribution in [1.29, 1.82) is 0 Å². The van der Waals surface area contributed by atoms with Crippen molar-refractivity contribution in [3.63, 3.8) is 0 Å². The molecule has 7 heteroatoms. The Kier molecular flexibility index (Phi) is 3.69. The van der Waals surface area contributed by atoms with E-state index in [2.05, 4.69) is 4.98 Å². The Balaban J connectivity index is 1.68. The normalized spacial score (nSPS) is 17.4. The molecule has 1 aliphatic rings. The van der Waals surface area contributed by atoms with Crippen molar-refractivity contribution in [3.05, 3.63) is 47.5 Å². The third kappa shape index (κ3) is 2.85. The van der Waals surface area contributed by atoms with Crippen LogP contribution in [0.15, 0.2) is 46.9 Å². The van der Waals surface area contributed by atoms with Gasteiger partial charge in [-0.05, 0) is 36.4 Å². The Labute approximate surface area is 147 Å². The number of nitrogens with zero attached hydrogens (tertiary/aromatic N) is 2. The first kappa shape index (κ1) is 15.7. The zero-order valence-corrected chi connectivity index (χ0v) is 13.7. The smallest absolute Gasteiger partial charge is 0.308 e. The highest BCUT2D eigenvalue weighted by Crippen LogP contribution is 2.31. The van der Waals surface area contributed by atoms with Gasteiger partial charge in [-0.15, -0.1) is 0 Å². The van der Waals surface area contributed by atoms with Crippen molar-refractivity contribution in [2.45, 2.75) is 6.42 Å². The van der Waals surface area contributed by atoms with Crippen LogP contribution in [0.1, 0.15) is 6.42 Å². The number of oxazole rings is 1. The van der Waals surface area contributed by atoms with Crippen LogP contribution in [-0.4, -0.2) is 28.5 Å². The Hall–Kier alpha value is -2.86. The van der Waals surface area contributed by atoms with Crippen LogP contribution in [0.3, 0.4) is 0 Å². The second kappa shape index (κ2) is 5.89. The number of carbonyl (C=O) groups is 2. The number of carbonyl (C=O) groups excluding carboxylic acids is 1. The Morgan fingerprint density at radius 3 is 2.68 bits per heavy atom. The molecule has 3 aromatic rings. The first-order chi connectivity index (χ1) is 12.0. The minimum atomic E-state index is -0.957. The van der Waals surface area contributed by atoms with Crippen LogP contribution < -0.4 is 4.90 Å². The third-order valence-corrected chi connectivity index (χ3v) is 4.50. The van der Waals surface area contributed by atoms with E-state index in [1.165, 1.54) is 4.90 Å². The molecule has 1 amide bonds. The molecular weight excluding hydrogens is 344 g/mol. The molecule has 0 aliphatic carbocycles. The van der Waals surface area contributed by atoms with Gasteiger partial charge >= 0.3 is 5.97 Å². The van der Waals surface area contributed by atoms with Gasteiger partial charge in [0.15, 0.2) is 5.58 Å². The Morgan fingerprint density at radius 1 is 1.24 bits per heavy atom. The number of hydrogen-bond acceptors (Lipinski definition) is 4. The lowest BCUT2D eigenvalue weighted by Gasteiger charge is -2.15. The summed E-state index contributed by atoms with van der Waals surface area (Å²) >= 11 is 5.89. The van der Waals surface area contributed by atoms with E-state index in [9.17, 15) is 9.59 Å². The lowest BCUT2D eigenvalue weighted by molar-refractivity contribution is -0.141. The van der Waals surface area contributed by atoms with Crippen LogP contribution in [0.2, 0.25) is 5.02 Å². The topological polar surface area (TPSA) is 83.6 Å². The highest BCUT2D eigenvalue weighted by atomic mass is 35.5. The number of rotatable bonds is 3. The third-order valence-electron chi connectivity index (χ3n) is 4.25. The maximum atomic E-state index is 12.1. The molecule has 2 heterocycles. The minimum absolute atomic E-state index is 0.0137. The molecule has 2 aromatic carbocycles. The maximum absolute atomic E-state index is 12.1. The zero-order valence-electron chi connectivity index (χ0n) is 13.0. The number of hydrogen-bond donors (Lipinski definition) is 1. The largest absolute Gasteiger partial charge is 0.481 e. The van der Waals surface area contributed by atoms with Crippen LogP contribution in [0, 0.1) is 5.92 Å². The number of benzene rings is 2. The van der Waals surface area contributed by atoms with Gasteiger partial charge in [0.1, 0.15) is 5.52 Å². The van der Waals surface area contributed by atoms with Crippen molar-refractivity contribution in [2.75, 3.05) is 11.4 Å². The molecule has 0 unspecified atom stereocenters. The van der Waals surface area contributed by atoms with Crippen molar-refractivity contribution >= 4 is 40.3 Å². The average molecular weight is 357 g/mol. The van der Waals surface area contributed by atoms with Crippen molar-refractivity contribution < 1.29 is 19.1 Å². The van der Waals surface area contributed by atoms with E-state index in [1.807, 2.05) is 12.1 Å². The summed E-state index contributed by atoms with van der Waals surface area (Å²) in [6.45, 7) is 0.165. The summed E-state index contributed by atoms with van der Waals surface area (Å²) in [5.41, 5.74) is 2.61. The molecule has 6 nitrogen and oxygen atoms in total. The first-order valence-corrected chi connectivity index (χ1v) is 8.09. The molecule has 25 heavy (non-hydrogen) atoms. The molecular formula is C18H13ClN2O4. The molecule has 0 bridgehead atoms. The van der Waals surface area contributed by atoms with Crippen molar-refractivity contribution in [3.8, 4) is 11.5 Å². The van der Waals surface area contributed by atoms with Gasteiger partial charge in [-0.3, -0.25) is 9.59 Å². The van der Waals surface area contributed by atoms with Gasteiger partial charge in [0, 0.05) is 35.3 Å². The fraction of sp³-hybridized carbons (Fsp3) is 0.167. The molecule has 0 spiro atoms. The summed E-state index contributed by atoms with van der Waals surface area (Å²) in [7, 11) is 0. The van der Waals surface area contributed by atoms with E-state index in [4.69, 9.17) is 21.1 Å². The van der Waals surface area contributed by atoms with E-state index in [0.29, 0.717) is 27.7 Å². The number of fused-ring (bicyclic) bond motifs is 1. The molecule has 1 atom stereocenters. The van der Waals surface area contributed by atoms with Gasteiger partial charge < -0.3 is 14.4 Å². The highest BCUT2D eigenvalue weighted by molar-refractivity contribution is 6.30. The van der Waals surface area contributed by atoms with E-state index < -0.39 is 11.9 Å². The van der Waals surface area contributed by atoms with Crippen molar-refractivity contribution in [1.82, 2.24) is 4.98 Å². The van der Waals surface area contributed by atoms with Crippen LogP contribution in [0.25, 0.3) is 22.6 Å². The lowest BCUT2D eigenvalue weighted by Crippen LogP contribution is -2.25. The lowest BCUT2D eigenvalue weighted by atomic mass is 10.1. The summed E-state index contributed by atoms with van der Waals surface area (Å²) in [5.74, 6) is -1.38. The Morgan fingerprint density at radius 2 is 2.00 bits per heavy atom. The second-order valence-corrected chi connectivity index (χ2v) is 6.36. The summed E-state index contributed by atoms with van der Waals surface area (Å²) in [6.07, 6.45) is 0.0137. The quantitative estimate of drug-likeness (QED) is 0.775. The van der Waals surface area contributed by atoms with Gasteiger partial charge in [-0.2, -0.15) is 0 Å². The predicted octanol–water partition coefficient (Wildman–Crippen LogP) is 3.59. The van der Waals surface area contributed by atoms with Gasteiger partial charge in [-0.1, -0.05) is 11.6 Å². The number of aromatic nitrogens is 1. The van der Waals surface area contributed by atoms with E-state index in [0.717, 1.165) is 5.56 Å². The molecule has 0 radical (unpaired) electrons. The first-order valence-electron chi connectivity index (χ1n) is 7.71. The van der Waals surface area contributed by atoms with Crippen molar-refractivity contribution in [2.24, 2.45) is 5.92 Å². The summed E-state index contributed by atoms with van der Waals surface area (Å²) in [5, 5.41) is 9.73. The fourth-order valence-corrected chi connectivity index (χ4v) is 3.05. The summed E-state index contributed by atoms with van der Waals surface area (Å²) in [4.78, 5) is 29.1. The number of carboxylic acid groups (broad SMARTS) is 1. The molecule has 126 valence electrons. The molecule has 1 N–H and O–H groups in total. The molecule has 1 aliphatic heterocycles. The fourth-order valence-electron chi connectivity index (χ4n) is 2.92. The molecule has 1 aromatic heterocycles. The van der Waals surface area contributed by atoms with Gasteiger partial charge in [0.2, 0.25) is 11.8 Å². The second-order valence-electron chi connectivity index (χ2n) is 5.92. The number of halogens is 1. The Bertz CT molecular complexity index is 980. The van der Waals surface area contributed by atoms with E-state index >= 15 is 0 Å². The van der Waals surface area contributed by atoms with Crippen LogP contribution >= 0.6 is 11.6 Å². The van der Waals surface area contributed by atoms with Gasteiger partial charge in [0.25, 0.3) is 0 Å². The van der Waals surface area contributed by atoms with Crippen LogP contribution in [0.4, 0.5) is 5.69 Å². The standard InChI is InChI=1S/C18H13ClN2O4/c19-12-3-1-10(2-4-12)17-20-14-6-5-13(8-15(14)25-17)21-9-11(18(23)24)7-16(21)22/h1-6,8,11H,7,9H2,(H,23,24)/t11-/m1/s1.